The van der Waals surface area contributed by atoms with Crippen molar-refractivity contribution in [3.05, 3.63) is 0 Å². The molecule has 1 aliphatic carbocycles. The minimum absolute atomic E-state index is 0.0935. The summed E-state index contributed by atoms with van der Waals surface area (Å²) in [5.41, 5.74) is 0. The largest absolute Gasteiger partial charge is 0.378 e. The zero-order valence-corrected chi connectivity index (χ0v) is 13.5. The SMILES string of the molecule is CCC1CCCC(OCCCCCCS(=O)(=O)Cl)C1. The van der Waals surface area contributed by atoms with E-state index in [1.807, 2.05) is 0 Å². The number of hydrogen-bond acceptors (Lipinski definition) is 3. The third-order valence-corrected chi connectivity index (χ3v) is 5.19. The molecule has 114 valence electrons. The van der Waals surface area contributed by atoms with Crippen molar-refractivity contribution < 1.29 is 13.2 Å². The van der Waals surface area contributed by atoms with E-state index in [-0.39, 0.29) is 5.75 Å². The minimum atomic E-state index is -3.30. The monoisotopic (exact) mass is 310 g/mol. The molecule has 5 heteroatoms. The fourth-order valence-corrected chi connectivity index (χ4v) is 3.62. The molecule has 0 aromatic carbocycles. The molecule has 1 fully saturated rings. The molecule has 0 spiro atoms. The topological polar surface area (TPSA) is 43.4 Å². The first-order valence-corrected chi connectivity index (χ1v) is 10.0. The predicted octanol–water partition coefficient (Wildman–Crippen LogP) is 4.10. The number of ether oxygens (including phenoxy) is 1. The van der Waals surface area contributed by atoms with E-state index in [0.29, 0.717) is 12.5 Å². The van der Waals surface area contributed by atoms with E-state index in [1.165, 1.54) is 32.1 Å². The van der Waals surface area contributed by atoms with Crippen LogP contribution in [0.2, 0.25) is 0 Å². The van der Waals surface area contributed by atoms with Gasteiger partial charge in [0.1, 0.15) is 0 Å². The molecule has 0 bridgehead atoms. The molecule has 0 aliphatic heterocycles. The van der Waals surface area contributed by atoms with E-state index in [4.69, 9.17) is 15.4 Å². The molecular formula is C14H27ClO3S. The summed E-state index contributed by atoms with van der Waals surface area (Å²) in [6.07, 6.45) is 10.5. The number of hydrogen-bond donors (Lipinski definition) is 0. The van der Waals surface area contributed by atoms with E-state index in [9.17, 15) is 8.42 Å². The lowest BCUT2D eigenvalue weighted by Gasteiger charge is -2.28. The van der Waals surface area contributed by atoms with Crippen molar-refractivity contribution in [2.24, 2.45) is 5.92 Å². The van der Waals surface area contributed by atoms with E-state index in [2.05, 4.69) is 6.92 Å². The van der Waals surface area contributed by atoms with Gasteiger partial charge < -0.3 is 4.74 Å². The summed E-state index contributed by atoms with van der Waals surface area (Å²) in [4.78, 5) is 0. The first-order valence-electron chi connectivity index (χ1n) is 7.55. The molecule has 2 unspecified atom stereocenters. The summed E-state index contributed by atoms with van der Waals surface area (Å²) in [7, 11) is 1.85. The zero-order chi connectivity index (χ0) is 14.1. The van der Waals surface area contributed by atoms with Crippen molar-refractivity contribution in [1.82, 2.24) is 0 Å². The summed E-state index contributed by atoms with van der Waals surface area (Å²) >= 11 is 0. The first kappa shape index (κ1) is 17.3. The van der Waals surface area contributed by atoms with Crippen LogP contribution in [0.15, 0.2) is 0 Å². The molecule has 2 atom stereocenters. The molecule has 0 heterocycles. The molecule has 0 amide bonds. The average molecular weight is 311 g/mol. The highest BCUT2D eigenvalue weighted by molar-refractivity contribution is 8.13. The second-order valence-electron chi connectivity index (χ2n) is 5.59. The lowest BCUT2D eigenvalue weighted by atomic mass is 9.85. The Balaban J connectivity index is 1.96. The Morgan fingerprint density at radius 3 is 2.58 bits per heavy atom. The fraction of sp³-hybridized carbons (Fsp3) is 1.00. The van der Waals surface area contributed by atoms with Crippen molar-refractivity contribution in [2.75, 3.05) is 12.4 Å². The van der Waals surface area contributed by atoms with Crippen molar-refractivity contribution in [3.63, 3.8) is 0 Å². The van der Waals surface area contributed by atoms with Crippen LogP contribution in [0.3, 0.4) is 0 Å². The van der Waals surface area contributed by atoms with Gasteiger partial charge in [-0.2, -0.15) is 0 Å². The van der Waals surface area contributed by atoms with Crippen LogP contribution < -0.4 is 0 Å². The number of unbranched alkanes of at least 4 members (excludes halogenated alkanes) is 3. The van der Waals surface area contributed by atoms with Crippen LogP contribution >= 0.6 is 10.7 Å². The zero-order valence-electron chi connectivity index (χ0n) is 11.9. The molecule has 0 saturated heterocycles. The van der Waals surface area contributed by atoms with Crippen molar-refractivity contribution in [3.8, 4) is 0 Å². The van der Waals surface area contributed by atoms with Crippen LogP contribution in [-0.2, 0) is 13.8 Å². The molecule has 0 aromatic heterocycles. The van der Waals surface area contributed by atoms with E-state index >= 15 is 0 Å². The van der Waals surface area contributed by atoms with E-state index < -0.39 is 9.05 Å². The van der Waals surface area contributed by atoms with Crippen LogP contribution in [-0.4, -0.2) is 26.9 Å². The van der Waals surface area contributed by atoms with Gasteiger partial charge in [-0.25, -0.2) is 8.42 Å². The molecule has 1 rings (SSSR count). The molecule has 1 aliphatic rings. The molecule has 3 nitrogen and oxygen atoms in total. The highest BCUT2D eigenvalue weighted by atomic mass is 35.7. The van der Waals surface area contributed by atoms with Gasteiger partial charge >= 0.3 is 0 Å². The summed E-state index contributed by atoms with van der Waals surface area (Å²) in [5.74, 6) is 0.948. The van der Waals surface area contributed by atoms with Crippen LogP contribution in [0.5, 0.6) is 0 Å². The average Bonchev–Trinajstić information content (AvgIpc) is 2.36. The van der Waals surface area contributed by atoms with Crippen LogP contribution in [0.4, 0.5) is 0 Å². The summed E-state index contributed by atoms with van der Waals surface area (Å²) in [6, 6.07) is 0. The maximum Gasteiger partial charge on any atom is 0.232 e. The predicted molar refractivity (Wildman–Crippen MR) is 80.1 cm³/mol. The Hall–Kier alpha value is 0.200. The van der Waals surface area contributed by atoms with Gasteiger partial charge in [0.05, 0.1) is 11.9 Å². The second kappa shape index (κ2) is 9.19. The fourth-order valence-electron chi connectivity index (χ4n) is 2.74. The Labute approximate surface area is 122 Å². The van der Waals surface area contributed by atoms with Crippen molar-refractivity contribution >= 4 is 19.7 Å². The molecule has 0 aromatic rings. The van der Waals surface area contributed by atoms with Gasteiger partial charge in [0.15, 0.2) is 0 Å². The quantitative estimate of drug-likeness (QED) is 0.475. The molecule has 19 heavy (non-hydrogen) atoms. The lowest BCUT2D eigenvalue weighted by Crippen LogP contribution is -2.23. The van der Waals surface area contributed by atoms with Gasteiger partial charge in [-0.1, -0.05) is 39.0 Å². The molecule has 0 N–H and O–H groups in total. The Kier molecular flexibility index (Phi) is 8.35. The normalized spacial score (nSPS) is 24.5. The Morgan fingerprint density at radius 1 is 1.16 bits per heavy atom. The highest BCUT2D eigenvalue weighted by Crippen LogP contribution is 2.28. The van der Waals surface area contributed by atoms with Gasteiger partial charge in [0.25, 0.3) is 0 Å². The summed E-state index contributed by atoms with van der Waals surface area (Å²) in [6.45, 7) is 3.08. The van der Waals surface area contributed by atoms with Crippen molar-refractivity contribution in [2.45, 2.75) is 70.8 Å². The Morgan fingerprint density at radius 2 is 1.89 bits per heavy atom. The van der Waals surface area contributed by atoms with Gasteiger partial charge in [-0.15, -0.1) is 0 Å². The maximum absolute atomic E-state index is 10.7. The van der Waals surface area contributed by atoms with Gasteiger partial charge in [0, 0.05) is 17.3 Å². The summed E-state index contributed by atoms with van der Waals surface area (Å²) < 4.78 is 27.4. The lowest BCUT2D eigenvalue weighted by molar-refractivity contribution is 0.0107. The van der Waals surface area contributed by atoms with E-state index in [1.54, 1.807) is 0 Å². The molecule has 1 saturated carbocycles. The highest BCUT2D eigenvalue weighted by Gasteiger charge is 2.20. The van der Waals surface area contributed by atoms with Crippen molar-refractivity contribution in [1.29, 1.82) is 0 Å². The van der Waals surface area contributed by atoms with E-state index in [0.717, 1.165) is 31.8 Å². The van der Waals surface area contributed by atoms with Gasteiger partial charge in [0.2, 0.25) is 9.05 Å². The van der Waals surface area contributed by atoms with Crippen LogP contribution in [0.25, 0.3) is 0 Å². The second-order valence-corrected chi connectivity index (χ2v) is 8.49. The maximum atomic E-state index is 10.7. The number of halogens is 1. The third-order valence-electron chi connectivity index (χ3n) is 3.95. The smallest absolute Gasteiger partial charge is 0.232 e. The third kappa shape index (κ3) is 8.87. The standard InChI is InChI=1S/C14H27ClO3S/c1-2-13-8-7-9-14(12-13)18-10-5-3-4-6-11-19(15,16)17/h13-14H,2-12H2,1H3. The van der Waals surface area contributed by atoms with Gasteiger partial charge in [-0.3, -0.25) is 0 Å². The molecule has 0 radical (unpaired) electrons. The Bertz CT molecular complexity index is 330. The van der Waals surface area contributed by atoms with Crippen LogP contribution in [0.1, 0.15) is 64.7 Å². The molecular weight excluding hydrogens is 284 g/mol. The van der Waals surface area contributed by atoms with Gasteiger partial charge in [-0.05, 0) is 31.6 Å². The van der Waals surface area contributed by atoms with Crippen LogP contribution in [0, 0.1) is 5.92 Å². The minimum Gasteiger partial charge on any atom is -0.378 e. The first-order chi connectivity index (χ1) is 9.01. The number of rotatable bonds is 9. The summed E-state index contributed by atoms with van der Waals surface area (Å²) in [5, 5.41) is 0.